The zero-order valence-electron chi connectivity index (χ0n) is 9.98. The molecule has 0 unspecified atom stereocenters. The molecule has 0 radical (unpaired) electrons. The van der Waals surface area contributed by atoms with Crippen molar-refractivity contribution in [1.29, 1.82) is 0 Å². The van der Waals surface area contributed by atoms with Crippen LogP contribution in [0.1, 0.15) is 6.42 Å². The van der Waals surface area contributed by atoms with E-state index in [-0.39, 0.29) is 23.4 Å². The number of thioether (sulfide) groups is 1. The maximum absolute atomic E-state index is 11.3. The molecule has 1 aliphatic rings. The summed E-state index contributed by atoms with van der Waals surface area (Å²) >= 11 is 1.05. The highest BCUT2D eigenvalue weighted by Gasteiger charge is 2.16. The van der Waals surface area contributed by atoms with Crippen LogP contribution in [-0.4, -0.2) is 65.6 Å². The molecule has 18 heavy (non-hydrogen) atoms. The van der Waals surface area contributed by atoms with Gasteiger partial charge in [-0.1, -0.05) is 0 Å². The molecule has 8 heteroatoms. The summed E-state index contributed by atoms with van der Waals surface area (Å²) in [5, 5.41) is 13.8. The van der Waals surface area contributed by atoms with Crippen LogP contribution in [0.5, 0.6) is 0 Å². The van der Waals surface area contributed by atoms with Crippen molar-refractivity contribution in [2.75, 3.05) is 37.7 Å². The number of carboxylic acids is 1. The van der Waals surface area contributed by atoms with Gasteiger partial charge in [0.25, 0.3) is 0 Å². The number of hydrogen-bond acceptors (Lipinski definition) is 4. The summed E-state index contributed by atoms with van der Waals surface area (Å²) < 4.78 is 0. The van der Waals surface area contributed by atoms with Crippen LogP contribution in [-0.2, 0) is 9.59 Å². The number of carbonyl (C=O) groups is 3. The van der Waals surface area contributed by atoms with E-state index in [4.69, 9.17) is 5.11 Å². The lowest BCUT2D eigenvalue weighted by Gasteiger charge is -2.27. The maximum Gasteiger partial charge on any atom is 0.317 e. The Morgan fingerprint density at radius 1 is 1.44 bits per heavy atom. The summed E-state index contributed by atoms with van der Waals surface area (Å²) in [6.45, 7) is 2.27. The third-order valence-corrected chi connectivity index (χ3v) is 3.25. The van der Waals surface area contributed by atoms with Crippen LogP contribution in [0.25, 0.3) is 0 Å². The number of aliphatic carboxylic acids is 1. The molecule has 0 spiro atoms. The van der Waals surface area contributed by atoms with Gasteiger partial charge >= 0.3 is 12.0 Å². The van der Waals surface area contributed by atoms with E-state index in [9.17, 15) is 14.4 Å². The summed E-state index contributed by atoms with van der Waals surface area (Å²) in [7, 11) is 0. The average molecular weight is 275 g/mol. The van der Waals surface area contributed by atoms with Crippen molar-refractivity contribution in [2.45, 2.75) is 6.42 Å². The van der Waals surface area contributed by atoms with Crippen LogP contribution in [0.4, 0.5) is 4.79 Å². The highest BCUT2D eigenvalue weighted by molar-refractivity contribution is 8.00. The van der Waals surface area contributed by atoms with Crippen LogP contribution in [0.2, 0.25) is 0 Å². The first kappa shape index (κ1) is 14.6. The minimum absolute atomic E-state index is 0.0814. The molecule has 0 saturated carbocycles. The molecular weight excluding hydrogens is 258 g/mol. The Morgan fingerprint density at radius 2 is 2.22 bits per heavy atom. The Balaban J connectivity index is 2.07. The van der Waals surface area contributed by atoms with E-state index in [2.05, 4.69) is 10.6 Å². The van der Waals surface area contributed by atoms with Crippen LogP contribution in [0.3, 0.4) is 0 Å². The van der Waals surface area contributed by atoms with Crippen LogP contribution >= 0.6 is 11.8 Å². The minimum Gasteiger partial charge on any atom is -0.481 e. The third-order valence-electron chi connectivity index (χ3n) is 2.33. The summed E-state index contributed by atoms with van der Waals surface area (Å²) in [6, 6.07) is -0.101. The summed E-state index contributed by atoms with van der Waals surface area (Å²) in [5.41, 5.74) is 0. The van der Waals surface area contributed by atoms with Gasteiger partial charge in [0.1, 0.15) is 0 Å². The Morgan fingerprint density at radius 3 is 2.89 bits per heavy atom. The molecule has 102 valence electrons. The Hall–Kier alpha value is -1.44. The number of rotatable bonds is 7. The molecule has 0 aromatic heterocycles. The molecular formula is C10H17N3O4S. The topological polar surface area (TPSA) is 98.7 Å². The average Bonchev–Trinajstić information content (AvgIpc) is 2.31. The third kappa shape index (κ3) is 5.76. The summed E-state index contributed by atoms with van der Waals surface area (Å²) in [5.74, 6) is -1.10. The largest absolute Gasteiger partial charge is 0.481 e. The lowest BCUT2D eigenvalue weighted by atomic mass is 10.3. The number of urea groups is 1. The fraction of sp³-hybridized carbons (Fsp3) is 0.700. The molecule has 1 aliphatic heterocycles. The molecule has 0 atom stereocenters. The SMILES string of the molecule is O=C(O)CSCC(=O)NCCN1CCCNC1=O. The van der Waals surface area contributed by atoms with Crippen molar-refractivity contribution in [1.82, 2.24) is 15.5 Å². The quantitative estimate of drug-likeness (QED) is 0.572. The van der Waals surface area contributed by atoms with Crippen molar-refractivity contribution in [3.05, 3.63) is 0 Å². The summed E-state index contributed by atoms with van der Waals surface area (Å²) in [4.78, 5) is 34.5. The molecule has 1 saturated heterocycles. The fourth-order valence-electron chi connectivity index (χ4n) is 1.50. The zero-order valence-corrected chi connectivity index (χ0v) is 10.8. The van der Waals surface area contributed by atoms with Gasteiger partial charge < -0.3 is 20.6 Å². The molecule has 7 nitrogen and oxygen atoms in total. The van der Waals surface area contributed by atoms with Gasteiger partial charge in [0, 0.05) is 26.2 Å². The summed E-state index contributed by atoms with van der Waals surface area (Å²) in [6.07, 6.45) is 0.911. The number of nitrogens with one attached hydrogen (secondary N) is 2. The van der Waals surface area contributed by atoms with Crippen molar-refractivity contribution in [2.24, 2.45) is 0 Å². The second-order valence-corrected chi connectivity index (χ2v) is 4.79. The number of carbonyl (C=O) groups excluding carboxylic acids is 2. The van der Waals surface area contributed by atoms with Crippen LogP contribution in [0, 0.1) is 0 Å². The molecule has 3 N–H and O–H groups in total. The van der Waals surface area contributed by atoms with Gasteiger partial charge in [0.15, 0.2) is 0 Å². The standard InChI is InChI=1S/C10H17N3O4S/c14-8(6-18-7-9(15)16)11-3-5-13-4-1-2-12-10(13)17/h1-7H2,(H,11,14)(H,12,17)(H,15,16). The van der Waals surface area contributed by atoms with Crippen LogP contribution in [0.15, 0.2) is 0 Å². The van der Waals surface area contributed by atoms with Gasteiger partial charge in [0.05, 0.1) is 11.5 Å². The number of amides is 3. The molecule has 0 aromatic rings. The lowest BCUT2D eigenvalue weighted by molar-refractivity contribution is -0.133. The number of nitrogens with zero attached hydrogens (tertiary/aromatic N) is 1. The second kappa shape index (κ2) is 7.80. The van der Waals surface area contributed by atoms with E-state index >= 15 is 0 Å². The van der Waals surface area contributed by atoms with E-state index in [1.165, 1.54) is 0 Å². The monoisotopic (exact) mass is 275 g/mol. The van der Waals surface area contributed by atoms with Gasteiger partial charge in [-0.05, 0) is 6.42 Å². The van der Waals surface area contributed by atoms with Crippen LogP contribution < -0.4 is 10.6 Å². The molecule has 1 heterocycles. The predicted octanol–water partition coefficient (Wildman–Crippen LogP) is -0.664. The highest BCUT2D eigenvalue weighted by atomic mass is 32.2. The van der Waals surface area contributed by atoms with Crippen molar-refractivity contribution in [3.63, 3.8) is 0 Å². The zero-order chi connectivity index (χ0) is 13.4. The fourth-order valence-corrected chi connectivity index (χ4v) is 2.07. The Bertz CT molecular complexity index is 324. The normalized spacial score (nSPS) is 15.1. The van der Waals surface area contributed by atoms with Crippen molar-refractivity contribution >= 4 is 29.7 Å². The van der Waals surface area contributed by atoms with E-state index in [0.29, 0.717) is 26.2 Å². The molecule has 1 rings (SSSR count). The Kier molecular flexibility index (Phi) is 6.34. The van der Waals surface area contributed by atoms with Gasteiger partial charge in [-0.3, -0.25) is 9.59 Å². The molecule has 0 aromatic carbocycles. The molecule has 0 bridgehead atoms. The second-order valence-electron chi connectivity index (χ2n) is 3.81. The first-order chi connectivity index (χ1) is 8.59. The van der Waals surface area contributed by atoms with Gasteiger partial charge in [-0.15, -0.1) is 11.8 Å². The highest BCUT2D eigenvalue weighted by Crippen LogP contribution is 1.99. The maximum atomic E-state index is 11.3. The molecule has 0 aliphatic carbocycles. The van der Waals surface area contributed by atoms with E-state index in [1.807, 2.05) is 0 Å². The van der Waals surface area contributed by atoms with Gasteiger partial charge in [-0.2, -0.15) is 0 Å². The number of hydrogen-bond donors (Lipinski definition) is 3. The first-order valence-corrected chi connectivity index (χ1v) is 6.84. The van der Waals surface area contributed by atoms with Gasteiger partial charge in [0.2, 0.25) is 5.91 Å². The Labute approximate surface area is 109 Å². The van der Waals surface area contributed by atoms with E-state index in [0.717, 1.165) is 18.2 Å². The van der Waals surface area contributed by atoms with Crippen molar-refractivity contribution in [3.8, 4) is 0 Å². The van der Waals surface area contributed by atoms with Crippen molar-refractivity contribution < 1.29 is 19.5 Å². The predicted molar refractivity (Wildman–Crippen MR) is 67.6 cm³/mol. The lowest BCUT2D eigenvalue weighted by Crippen LogP contribution is -2.49. The molecule has 3 amide bonds. The first-order valence-electron chi connectivity index (χ1n) is 5.68. The van der Waals surface area contributed by atoms with E-state index < -0.39 is 5.97 Å². The van der Waals surface area contributed by atoms with Gasteiger partial charge in [-0.25, -0.2) is 4.79 Å². The van der Waals surface area contributed by atoms with E-state index in [1.54, 1.807) is 4.90 Å². The smallest absolute Gasteiger partial charge is 0.317 e. The number of carboxylic acid groups (broad SMARTS) is 1. The minimum atomic E-state index is -0.933. The molecule has 1 fully saturated rings.